The number of hydrogen-bond acceptors (Lipinski definition) is 5. The summed E-state index contributed by atoms with van der Waals surface area (Å²) in [6, 6.07) is 4.89. The first kappa shape index (κ1) is 22.3. The van der Waals surface area contributed by atoms with E-state index in [9.17, 15) is 13.6 Å². The van der Waals surface area contributed by atoms with Crippen molar-refractivity contribution in [1.29, 1.82) is 0 Å². The van der Waals surface area contributed by atoms with Gasteiger partial charge in [-0.05, 0) is 36.6 Å². The summed E-state index contributed by atoms with van der Waals surface area (Å²) < 4.78 is 58.1. The Morgan fingerprint density at radius 3 is 2.59 bits per heavy atom. The quantitative estimate of drug-likeness (QED) is 0.217. The number of carbonyl (C=O) groups is 1. The van der Waals surface area contributed by atoms with E-state index in [1.54, 1.807) is 0 Å². The Labute approximate surface area is 165 Å². The summed E-state index contributed by atoms with van der Waals surface area (Å²) in [5, 5.41) is 3.93. The predicted octanol–water partition coefficient (Wildman–Crippen LogP) is 2.83. The van der Waals surface area contributed by atoms with Gasteiger partial charge in [-0.3, -0.25) is 9.99 Å². The number of hydrazone groups is 1. The van der Waals surface area contributed by atoms with Gasteiger partial charge in [0.05, 0.1) is 5.92 Å². The SMILES string of the molecule is CC(=O)CCc1ccc(C(F)(F)C(CN(N)/C=N\N)c2ccc(F)cc2F)nc1. The highest BCUT2D eigenvalue weighted by molar-refractivity contribution is 5.75. The van der Waals surface area contributed by atoms with Crippen molar-refractivity contribution >= 4 is 12.1 Å². The molecule has 1 aromatic carbocycles. The molecule has 1 aromatic heterocycles. The van der Waals surface area contributed by atoms with E-state index in [2.05, 4.69) is 10.1 Å². The molecule has 0 aliphatic rings. The molecule has 29 heavy (non-hydrogen) atoms. The number of hydrogen-bond donors (Lipinski definition) is 2. The lowest BCUT2D eigenvalue weighted by Crippen LogP contribution is -2.40. The first-order chi connectivity index (χ1) is 13.6. The third-order valence-electron chi connectivity index (χ3n) is 4.32. The van der Waals surface area contributed by atoms with E-state index in [-0.39, 0.29) is 12.2 Å². The largest absolute Gasteiger partial charge is 0.322 e. The van der Waals surface area contributed by atoms with Gasteiger partial charge in [0, 0.05) is 25.2 Å². The number of aromatic nitrogens is 1. The van der Waals surface area contributed by atoms with Crippen molar-refractivity contribution in [2.75, 3.05) is 6.54 Å². The van der Waals surface area contributed by atoms with Crippen molar-refractivity contribution in [1.82, 2.24) is 9.99 Å². The number of pyridine rings is 1. The molecule has 0 saturated heterocycles. The number of benzene rings is 1. The van der Waals surface area contributed by atoms with Crippen molar-refractivity contribution in [3.05, 3.63) is 65.0 Å². The fourth-order valence-corrected chi connectivity index (χ4v) is 2.80. The predicted molar refractivity (Wildman–Crippen MR) is 99.8 cm³/mol. The van der Waals surface area contributed by atoms with Crippen LogP contribution >= 0.6 is 0 Å². The number of ketones is 1. The van der Waals surface area contributed by atoms with Crippen LogP contribution in [0.5, 0.6) is 0 Å². The Hall–Kier alpha value is -3.01. The second-order valence-corrected chi connectivity index (χ2v) is 6.56. The van der Waals surface area contributed by atoms with Gasteiger partial charge in [-0.2, -0.15) is 13.9 Å². The molecule has 1 heterocycles. The fourth-order valence-electron chi connectivity index (χ4n) is 2.80. The smallest absolute Gasteiger partial charge is 0.298 e. The summed E-state index contributed by atoms with van der Waals surface area (Å²) in [5.74, 6) is 3.05. The molecule has 0 spiro atoms. The number of carbonyl (C=O) groups excluding carboxylic acids is 1. The minimum atomic E-state index is -3.65. The molecule has 2 rings (SSSR count). The normalized spacial score (nSPS) is 12.9. The zero-order valence-electron chi connectivity index (χ0n) is 15.7. The van der Waals surface area contributed by atoms with E-state index in [0.29, 0.717) is 18.1 Å². The van der Waals surface area contributed by atoms with Gasteiger partial charge in [0.1, 0.15) is 29.5 Å². The van der Waals surface area contributed by atoms with Crippen LogP contribution in [-0.4, -0.2) is 28.7 Å². The minimum absolute atomic E-state index is 0.0316. The zero-order chi connectivity index (χ0) is 21.6. The third-order valence-corrected chi connectivity index (χ3v) is 4.32. The number of hydrazine groups is 1. The Kier molecular flexibility index (Phi) is 7.27. The minimum Gasteiger partial charge on any atom is -0.322 e. The highest BCUT2D eigenvalue weighted by Crippen LogP contribution is 2.42. The summed E-state index contributed by atoms with van der Waals surface area (Å²) in [7, 11) is 0. The maximum atomic E-state index is 15.3. The van der Waals surface area contributed by atoms with Crippen molar-refractivity contribution in [2.45, 2.75) is 31.6 Å². The second-order valence-electron chi connectivity index (χ2n) is 6.56. The molecule has 2 aromatic rings. The van der Waals surface area contributed by atoms with Gasteiger partial charge < -0.3 is 10.6 Å². The van der Waals surface area contributed by atoms with Crippen molar-refractivity contribution in [3.8, 4) is 0 Å². The zero-order valence-corrected chi connectivity index (χ0v) is 15.7. The van der Waals surface area contributed by atoms with Crippen molar-refractivity contribution in [2.24, 2.45) is 16.8 Å². The number of halogens is 4. The summed E-state index contributed by atoms with van der Waals surface area (Å²) in [6.45, 7) is 0.866. The van der Waals surface area contributed by atoms with Gasteiger partial charge in [-0.15, -0.1) is 0 Å². The van der Waals surface area contributed by atoms with Crippen LogP contribution in [0.4, 0.5) is 17.6 Å². The number of alkyl halides is 2. The molecule has 156 valence electrons. The maximum Gasteiger partial charge on any atom is 0.298 e. The van der Waals surface area contributed by atoms with Gasteiger partial charge in [0.25, 0.3) is 5.92 Å². The second kappa shape index (κ2) is 9.46. The third kappa shape index (κ3) is 5.74. The Bertz CT molecular complexity index is 873. The maximum absolute atomic E-state index is 15.3. The van der Waals surface area contributed by atoms with Crippen molar-refractivity contribution < 1.29 is 22.4 Å². The molecule has 0 aliphatic heterocycles. The van der Waals surface area contributed by atoms with Crippen LogP contribution < -0.4 is 11.7 Å². The Balaban J connectivity index is 2.40. The summed E-state index contributed by atoms with van der Waals surface area (Å²) in [4.78, 5) is 14.9. The Morgan fingerprint density at radius 1 is 1.31 bits per heavy atom. The van der Waals surface area contributed by atoms with Gasteiger partial charge >= 0.3 is 0 Å². The fraction of sp³-hybridized carbons (Fsp3) is 0.316. The standard InChI is InChI=1S/C19H21F4N5O/c1-12(29)2-3-13-4-7-18(26-9-13)19(22,23)16(10-28(25)11-27-24)15-6-5-14(20)8-17(15)21/h4-9,11,16H,2-3,10,24-25H2,1H3/b27-11-. The van der Waals surface area contributed by atoms with Crippen molar-refractivity contribution in [3.63, 3.8) is 0 Å². The lowest BCUT2D eigenvalue weighted by atomic mass is 9.89. The molecule has 0 amide bonds. The Morgan fingerprint density at radius 2 is 2.03 bits per heavy atom. The average molecular weight is 411 g/mol. The van der Waals surface area contributed by atoms with Gasteiger partial charge in [-0.25, -0.2) is 14.6 Å². The molecule has 0 aliphatic carbocycles. The average Bonchev–Trinajstić information content (AvgIpc) is 2.65. The van der Waals surface area contributed by atoms with E-state index in [4.69, 9.17) is 11.7 Å². The highest BCUT2D eigenvalue weighted by Gasteiger charge is 2.45. The number of rotatable bonds is 9. The van der Waals surface area contributed by atoms with Crippen LogP contribution in [0.15, 0.2) is 41.6 Å². The van der Waals surface area contributed by atoms with Crippen LogP contribution in [0, 0.1) is 11.6 Å². The molecule has 6 nitrogen and oxygen atoms in total. The van der Waals surface area contributed by atoms with E-state index < -0.39 is 41.3 Å². The first-order valence-electron chi connectivity index (χ1n) is 8.67. The molecule has 0 radical (unpaired) electrons. The lowest BCUT2D eigenvalue weighted by Gasteiger charge is -2.29. The van der Waals surface area contributed by atoms with Crippen LogP contribution in [0.2, 0.25) is 0 Å². The monoisotopic (exact) mass is 411 g/mol. The number of aryl methyl sites for hydroxylation is 1. The molecular weight excluding hydrogens is 390 g/mol. The topological polar surface area (TPSA) is 97.6 Å². The summed E-state index contributed by atoms with van der Waals surface area (Å²) in [5.41, 5.74) is -0.435. The molecular formula is C19H21F4N5O. The molecule has 0 bridgehead atoms. The van der Waals surface area contributed by atoms with Crippen LogP contribution in [-0.2, 0) is 17.1 Å². The summed E-state index contributed by atoms with van der Waals surface area (Å²) in [6.07, 6.45) is 2.78. The molecule has 1 atom stereocenters. The molecule has 4 N–H and O–H groups in total. The molecule has 10 heteroatoms. The van der Waals surface area contributed by atoms with Crippen LogP contribution in [0.25, 0.3) is 0 Å². The highest BCUT2D eigenvalue weighted by atomic mass is 19.3. The van der Waals surface area contributed by atoms with E-state index in [1.807, 2.05) is 0 Å². The number of Topliss-reactive ketones (excluding diaryl/α,β-unsaturated/α-hetero) is 1. The van der Waals surface area contributed by atoms with Gasteiger partial charge in [-0.1, -0.05) is 12.1 Å². The van der Waals surface area contributed by atoms with Crippen LogP contribution in [0.3, 0.4) is 0 Å². The molecule has 0 saturated carbocycles. The first-order valence-corrected chi connectivity index (χ1v) is 8.67. The van der Waals surface area contributed by atoms with Crippen LogP contribution in [0.1, 0.15) is 36.1 Å². The summed E-state index contributed by atoms with van der Waals surface area (Å²) >= 11 is 0. The molecule has 0 fully saturated rings. The number of nitrogens with two attached hydrogens (primary N) is 2. The van der Waals surface area contributed by atoms with E-state index >= 15 is 8.78 Å². The van der Waals surface area contributed by atoms with E-state index in [1.165, 1.54) is 19.2 Å². The van der Waals surface area contributed by atoms with Gasteiger partial charge in [0.15, 0.2) is 0 Å². The molecule has 1 unspecified atom stereocenters. The lowest BCUT2D eigenvalue weighted by molar-refractivity contribution is -0.116. The van der Waals surface area contributed by atoms with Gasteiger partial charge in [0.2, 0.25) is 0 Å². The van der Waals surface area contributed by atoms with E-state index in [0.717, 1.165) is 29.5 Å². The number of nitrogens with zero attached hydrogens (tertiary/aromatic N) is 3.